The second-order valence-electron chi connectivity index (χ2n) is 4.06. The van der Waals surface area contributed by atoms with Crippen molar-refractivity contribution in [1.29, 1.82) is 0 Å². The summed E-state index contributed by atoms with van der Waals surface area (Å²) in [6.45, 7) is -0.0752. The van der Waals surface area contributed by atoms with Gasteiger partial charge < -0.3 is 15.0 Å². The Morgan fingerprint density at radius 3 is 2.81 bits per heavy atom. The number of hydrogen-bond acceptors (Lipinski definition) is 7. The van der Waals surface area contributed by atoms with Gasteiger partial charge in [0.05, 0.1) is 29.8 Å². The summed E-state index contributed by atoms with van der Waals surface area (Å²) in [5, 5.41) is 3.59. The number of anilines is 1. The maximum absolute atomic E-state index is 12.3. The van der Waals surface area contributed by atoms with E-state index in [0.29, 0.717) is 5.69 Å². The standard InChI is InChI=1S/C12H13N3O5S/c1-19-12(16)10-3-2-8(13)6-11(10)21(17,18)14-7-9-4-5-20-15-9/h2-6,14H,7,13H2,1H3. The van der Waals surface area contributed by atoms with Crippen molar-refractivity contribution in [2.45, 2.75) is 11.4 Å². The first-order valence-corrected chi connectivity index (χ1v) is 7.29. The number of nitrogens with two attached hydrogens (primary N) is 1. The highest BCUT2D eigenvalue weighted by atomic mass is 32.2. The van der Waals surface area contributed by atoms with E-state index in [4.69, 9.17) is 5.73 Å². The molecule has 0 aliphatic carbocycles. The fraction of sp³-hybridized carbons (Fsp3) is 0.167. The van der Waals surface area contributed by atoms with Crippen LogP contribution in [0.25, 0.3) is 0 Å². The SMILES string of the molecule is COC(=O)c1ccc(N)cc1S(=O)(=O)NCc1ccon1. The number of nitrogens with one attached hydrogen (secondary N) is 1. The zero-order valence-corrected chi connectivity index (χ0v) is 11.9. The Morgan fingerprint density at radius 1 is 1.43 bits per heavy atom. The summed E-state index contributed by atoms with van der Waals surface area (Å²) in [7, 11) is -2.79. The van der Waals surface area contributed by atoms with Gasteiger partial charge in [-0.15, -0.1) is 0 Å². The van der Waals surface area contributed by atoms with Crippen LogP contribution in [0.3, 0.4) is 0 Å². The largest absolute Gasteiger partial charge is 0.465 e. The minimum absolute atomic E-state index is 0.0752. The molecule has 112 valence electrons. The van der Waals surface area contributed by atoms with E-state index >= 15 is 0 Å². The molecule has 0 bridgehead atoms. The molecule has 0 aliphatic rings. The Hall–Kier alpha value is -2.39. The van der Waals surface area contributed by atoms with E-state index in [1.807, 2.05) is 0 Å². The molecular weight excluding hydrogens is 298 g/mol. The van der Waals surface area contributed by atoms with Gasteiger partial charge in [0.2, 0.25) is 10.0 Å². The summed E-state index contributed by atoms with van der Waals surface area (Å²) in [4.78, 5) is 11.4. The number of nitrogen functional groups attached to an aromatic ring is 1. The summed E-state index contributed by atoms with van der Waals surface area (Å²) in [5.74, 6) is -0.767. The Bertz CT molecular complexity index is 740. The van der Waals surface area contributed by atoms with Gasteiger partial charge >= 0.3 is 5.97 Å². The zero-order chi connectivity index (χ0) is 15.5. The van der Waals surface area contributed by atoms with Crippen molar-refractivity contribution in [2.75, 3.05) is 12.8 Å². The lowest BCUT2D eigenvalue weighted by Gasteiger charge is -2.10. The van der Waals surface area contributed by atoms with Crippen molar-refractivity contribution < 1.29 is 22.5 Å². The number of hydrogen-bond donors (Lipinski definition) is 2. The van der Waals surface area contributed by atoms with E-state index < -0.39 is 16.0 Å². The number of rotatable bonds is 5. The number of sulfonamides is 1. The summed E-state index contributed by atoms with van der Waals surface area (Å²) in [5.41, 5.74) is 6.10. The minimum atomic E-state index is -3.96. The van der Waals surface area contributed by atoms with E-state index in [2.05, 4.69) is 19.1 Å². The Labute approximate surface area is 120 Å². The highest BCUT2D eigenvalue weighted by Gasteiger charge is 2.23. The van der Waals surface area contributed by atoms with Gasteiger partial charge in [0.1, 0.15) is 6.26 Å². The van der Waals surface area contributed by atoms with Crippen LogP contribution in [0, 0.1) is 0 Å². The molecule has 0 aliphatic heterocycles. The molecule has 1 heterocycles. The first kappa shape index (κ1) is 15.0. The maximum atomic E-state index is 12.3. The van der Waals surface area contributed by atoms with Crippen LogP contribution in [0.5, 0.6) is 0 Å². The summed E-state index contributed by atoms with van der Waals surface area (Å²) < 4.78 is 36.1. The van der Waals surface area contributed by atoms with Gasteiger partial charge in [-0.1, -0.05) is 5.16 Å². The number of benzene rings is 1. The zero-order valence-electron chi connectivity index (χ0n) is 11.1. The van der Waals surface area contributed by atoms with E-state index in [9.17, 15) is 13.2 Å². The van der Waals surface area contributed by atoms with Crippen LogP contribution in [0.4, 0.5) is 5.69 Å². The average molecular weight is 311 g/mol. The molecule has 1 aromatic carbocycles. The Kier molecular flexibility index (Phi) is 4.24. The molecule has 0 atom stereocenters. The number of carbonyl (C=O) groups excluding carboxylic acids is 1. The lowest BCUT2D eigenvalue weighted by molar-refractivity contribution is 0.0596. The van der Waals surface area contributed by atoms with Gasteiger partial charge in [-0.25, -0.2) is 17.9 Å². The number of methoxy groups -OCH3 is 1. The van der Waals surface area contributed by atoms with E-state index in [0.717, 1.165) is 7.11 Å². The fourth-order valence-corrected chi connectivity index (χ4v) is 2.84. The number of ether oxygens (including phenoxy) is 1. The molecule has 0 fully saturated rings. The van der Waals surface area contributed by atoms with Crippen molar-refractivity contribution in [3.05, 3.63) is 41.8 Å². The first-order chi connectivity index (χ1) is 9.94. The smallest absolute Gasteiger partial charge is 0.339 e. The van der Waals surface area contributed by atoms with Crippen molar-refractivity contribution in [1.82, 2.24) is 9.88 Å². The predicted octanol–water partition coefficient (Wildman–Crippen LogP) is 0.522. The second kappa shape index (κ2) is 5.94. The molecule has 3 N–H and O–H groups in total. The van der Waals surface area contributed by atoms with Crippen molar-refractivity contribution in [3.8, 4) is 0 Å². The molecule has 0 saturated carbocycles. The van der Waals surface area contributed by atoms with Gasteiger partial charge in [0.25, 0.3) is 0 Å². The molecule has 9 heteroatoms. The highest BCUT2D eigenvalue weighted by molar-refractivity contribution is 7.89. The molecule has 0 saturated heterocycles. The number of esters is 1. The molecule has 2 aromatic rings. The fourth-order valence-electron chi connectivity index (χ4n) is 1.62. The molecule has 2 rings (SSSR count). The van der Waals surface area contributed by atoms with Crippen LogP contribution in [-0.4, -0.2) is 26.7 Å². The van der Waals surface area contributed by atoms with E-state index in [1.54, 1.807) is 0 Å². The molecule has 0 spiro atoms. The molecule has 0 unspecified atom stereocenters. The molecule has 21 heavy (non-hydrogen) atoms. The molecular formula is C12H13N3O5S. The lowest BCUT2D eigenvalue weighted by atomic mass is 10.2. The van der Waals surface area contributed by atoms with Gasteiger partial charge in [-0.05, 0) is 18.2 Å². The quantitative estimate of drug-likeness (QED) is 0.609. The van der Waals surface area contributed by atoms with Crippen LogP contribution >= 0.6 is 0 Å². The Morgan fingerprint density at radius 2 is 2.19 bits per heavy atom. The first-order valence-electron chi connectivity index (χ1n) is 5.81. The average Bonchev–Trinajstić information content (AvgIpc) is 2.98. The Balaban J connectivity index is 2.34. The molecule has 0 amide bonds. The number of aromatic nitrogens is 1. The van der Waals surface area contributed by atoms with E-state index in [-0.39, 0.29) is 22.7 Å². The maximum Gasteiger partial charge on any atom is 0.339 e. The summed E-state index contributed by atoms with van der Waals surface area (Å²) in [6, 6.07) is 5.43. The third-order valence-corrected chi connectivity index (χ3v) is 4.08. The van der Waals surface area contributed by atoms with Crippen molar-refractivity contribution in [2.24, 2.45) is 0 Å². The third-order valence-electron chi connectivity index (χ3n) is 2.64. The van der Waals surface area contributed by atoms with E-state index in [1.165, 1.54) is 30.5 Å². The van der Waals surface area contributed by atoms with Crippen molar-refractivity contribution >= 4 is 21.7 Å². The summed E-state index contributed by atoms with van der Waals surface area (Å²) in [6.07, 6.45) is 1.32. The number of nitrogens with zero attached hydrogens (tertiary/aromatic N) is 1. The van der Waals surface area contributed by atoms with Gasteiger partial charge in [0, 0.05) is 11.8 Å². The van der Waals surface area contributed by atoms with Crippen LogP contribution in [0.15, 0.2) is 39.9 Å². The molecule has 8 nitrogen and oxygen atoms in total. The molecule has 1 aromatic heterocycles. The third kappa shape index (κ3) is 3.38. The normalized spacial score (nSPS) is 11.3. The number of carbonyl (C=O) groups is 1. The summed E-state index contributed by atoms with van der Waals surface area (Å²) >= 11 is 0. The monoisotopic (exact) mass is 311 g/mol. The topological polar surface area (TPSA) is 125 Å². The van der Waals surface area contributed by atoms with Crippen LogP contribution < -0.4 is 10.5 Å². The van der Waals surface area contributed by atoms with Crippen LogP contribution in [-0.2, 0) is 21.3 Å². The second-order valence-corrected chi connectivity index (χ2v) is 5.80. The van der Waals surface area contributed by atoms with Gasteiger partial charge in [-0.2, -0.15) is 0 Å². The van der Waals surface area contributed by atoms with Crippen molar-refractivity contribution in [3.63, 3.8) is 0 Å². The lowest BCUT2D eigenvalue weighted by Crippen LogP contribution is -2.25. The van der Waals surface area contributed by atoms with Gasteiger partial charge in [-0.3, -0.25) is 0 Å². The van der Waals surface area contributed by atoms with Gasteiger partial charge in [0.15, 0.2) is 0 Å². The van der Waals surface area contributed by atoms with Crippen LogP contribution in [0.2, 0.25) is 0 Å². The highest BCUT2D eigenvalue weighted by Crippen LogP contribution is 2.20. The van der Waals surface area contributed by atoms with Crippen LogP contribution in [0.1, 0.15) is 16.1 Å². The molecule has 0 radical (unpaired) electrons. The predicted molar refractivity (Wildman–Crippen MR) is 72.7 cm³/mol. The minimum Gasteiger partial charge on any atom is -0.465 e.